The summed E-state index contributed by atoms with van der Waals surface area (Å²) in [6.07, 6.45) is 6.21. The summed E-state index contributed by atoms with van der Waals surface area (Å²) in [4.78, 5) is 31.2. The van der Waals surface area contributed by atoms with Crippen LogP contribution < -0.4 is 15.9 Å². The standard InChI is InChI=1S/C39H40NO4P/c1-2-18-34-35(39(43)27-16-7-17-28-39)36(41)40(34)37(38(42)44-29-30-19-8-3-9-20-30)45(31-21-10-4-11-22-31,32-23-12-5-13-24-32)33-25-14-6-15-26-33/h2-6,8-15,19-26,34-35,43H,1,7,16-18,27-29H2. The molecule has 1 saturated carbocycles. The van der Waals surface area contributed by atoms with Crippen LogP contribution in [0.2, 0.25) is 0 Å². The number of carbonyl (C=O) groups is 2. The number of hydrogen-bond donors (Lipinski definition) is 1. The zero-order chi connectivity index (χ0) is 31.3. The van der Waals surface area contributed by atoms with Gasteiger partial charge in [0.05, 0.1) is 17.6 Å². The minimum absolute atomic E-state index is 0.0725. The maximum absolute atomic E-state index is 14.9. The number of amides is 1. The molecule has 1 amide bonds. The lowest BCUT2D eigenvalue weighted by atomic mass is 9.67. The van der Waals surface area contributed by atoms with Gasteiger partial charge in [-0.3, -0.25) is 4.79 Å². The highest BCUT2D eigenvalue weighted by Crippen LogP contribution is 2.52. The fraction of sp³-hybridized carbons (Fsp3) is 0.256. The number of benzene rings is 4. The van der Waals surface area contributed by atoms with Gasteiger partial charge < -0.3 is 14.7 Å². The summed E-state index contributed by atoms with van der Waals surface area (Å²) in [5, 5.41) is 14.7. The van der Waals surface area contributed by atoms with E-state index in [2.05, 4.69) is 43.0 Å². The maximum atomic E-state index is 14.9. The fourth-order valence-electron chi connectivity index (χ4n) is 7.23. The molecule has 4 aromatic carbocycles. The monoisotopic (exact) mass is 617 g/mol. The van der Waals surface area contributed by atoms with Gasteiger partial charge in [-0.1, -0.05) is 147 Å². The number of β-lactam (4-membered cyclic amide) rings is 1. The van der Waals surface area contributed by atoms with E-state index in [9.17, 15) is 14.7 Å². The normalized spacial score (nSPS) is 19.3. The lowest BCUT2D eigenvalue weighted by Gasteiger charge is -2.55. The van der Waals surface area contributed by atoms with Crippen molar-refractivity contribution in [3.63, 3.8) is 0 Å². The van der Waals surface area contributed by atoms with Crippen molar-refractivity contribution in [2.24, 2.45) is 5.92 Å². The van der Waals surface area contributed by atoms with E-state index < -0.39 is 30.4 Å². The lowest BCUT2D eigenvalue weighted by Crippen LogP contribution is -2.71. The summed E-state index contributed by atoms with van der Waals surface area (Å²) in [6, 6.07) is 39.3. The molecule has 4 aromatic rings. The molecule has 1 heterocycles. The first kappa shape index (κ1) is 30.8. The molecule has 1 aliphatic carbocycles. The largest absolute Gasteiger partial charge is 0.456 e. The predicted octanol–water partition coefficient (Wildman–Crippen LogP) is 5.95. The van der Waals surface area contributed by atoms with Crippen molar-refractivity contribution in [3.8, 4) is 0 Å². The summed E-state index contributed by atoms with van der Waals surface area (Å²) >= 11 is 0. The van der Waals surface area contributed by atoms with Crippen LogP contribution in [0.5, 0.6) is 0 Å². The highest BCUT2D eigenvalue weighted by Gasteiger charge is 2.60. The van der Waals surface area contributed by atoms with Crippen LogP contribution in [0.4, 0.5) is 0 Å². The van der Waals surface area contributed by atoms with Gasteiger partial charge in [0, 0.05) is 6.89 Å². The van der Waals surface area contributed by atoms with Crippen molar-refractivity contribution >= 4 is 40.1 Å². The molecule has 0 aromatic heterocycles. The van der Waals surface area contributed by atoms with Crippen LogP contribution in [0.25, 0.3) is 0 Å². The molecule has 1 N–H and O–H groups in total. The Labute approximate surface area is 266 Å². The molecule has 0 radical (unpaired) electrons. The number of ether oxygens (including phenoxy) is 1. The molecular weight excluding hydrogens is 577 g/mol. The number of hydrogen-bond acceptors (Lipinski definition) is 4. The van der Waals surface area contributed by atoms with Gasteiger partial charge >= 0.3 is 5.97 Å². The predicted molar refractivity (Wildman–Crippen MR) is 183 cm³/mol. The van der Waals surface area contributed by atoms with Gasteiger partial charge in [-0.05, 0) is 40.7 Å². The second kappa shape index (κ2) is 13.4. The summed E-state index contributed by atoms with van der Waals surface area (Å²) < 4.78 is 6.17. The molecule has 5 nitrogen and oxygen atoms in total. The average molecular weight is 618 g/mol. The van der Waals surface area contributed by atoms with Crippen molar-refractivity contribution < 1.29 is 19.4 Å². The van der Waals surface area contributed by atoms with E-state index in [1.165, 1.54) is 0 Å². The van der Waals surface area contributed by atoms with Crippen LogP contribution in [0.3, 0.4) is 0 Å². The summed E-state index contributed by atoms with van der Waals surface area (Å²) in [7, 11) is 0. The van der Waals surface area contributed by atoms with Crippen LogP contribution in [0.1, 0.15) is 44.1 Å². The van der Waals surface area contributed by atoms with Crippen molar-refractivity contribution in [1.29, 1.82) is 0 Å². The van der Waals surface area contributed by atoms with Crippen molar-refractivity contribution in [2.75, 3.05) is 0 Å². The number of nitrogens with zero attached hydrogens (tertiary/aromatic N) is 1. The second-order valence-electron chi connectivity index (χ2n) is 12.0. The molecule has 1 saturated heterocycles. The molecule has 45 heavy (non-hydrogen) atoms. The fourth-order valence-corrected chi connectivity index (χ4v) is 11.6. The highest BCUT2D eigenvalue weighted by molar-refractivity contribution is 7.96. The van der Waals surface area contributed by atoms with Gasteiger partial charge in [-0.25, -0.2) is 4.79 Å². The first-order valence-corrected chi connectivity index (χ1v) is 17.6. The third-order valence-corrected chi connectivity index (χ3v) is 13.5. The lowest BCUT2D eigenvalue weighted by molar-refractivity contribution is -0.173. The number of aliphatic hydroxyl groups is 1. The van der Waals surface area contributed by atoms with Crippen LogP contribution in [0, 0.1) is 5.92 Å². The number of likely N-dealkylation sites (tertiary alicyclic amines) is 1. The smallest absolute Gasteiger partial charge is 0.356 e. The van der Waals surface area contributed by atoms with Gasteiger partial charge in [0.15, 0.2) is 0 Å². The Bertz CT molecular complexity index is 1580. The van der Waals surface area contributed by atoms with E-state index in [1.54, 1.807) is 11.0 Å². The Kier molecular flexibility index (Phi) is 9.21. The van der Waals surface area contributed by atoms with Crippen LogP contribution in [-0.4, -0.2) is 38.9 Å². The van der Waals surface area contributed by atoms with E-state index in [4.69, 9.17) is 4.74 Å². The Morgan fingerprint density at radius 1 is 0.800 bits per heavy atom. The molecule has 2 fully saturated rings. The molecule has 0 bridgehead atoms. The molecule has 2 unspecified atom stereocenters. The van der Waals surface area contributed by atoms with Crippen LogP contribution in [0.15, 0.2) is 134 Å². The van der Waals surface area contributed by atoms with E-state index >= 15 is 0 Å². The van der Waals surface area contributed by atoms with Crippen molar-refractivity contribution in [1.82, 2.24) is 4.90 Å². The van der Waals surface area contributed by atoms with Crippen LogP contribution in [-0.2, 0) is 20.9 Å². The average Bonchev–Trinajstić information content (AvgIpc) is 3.09. The summed E-state index contributed by atoms with van der Waals surface area (Å²) in [5.74, 6) is -1.36. The highest BCUT2D eigenvalue weighted by atomic mass is 31.2. The zero-order valence-corrected chi connectivity index (χ0v) is 26.4. The third kappa shape index (κ3) is 5.72. The maximum Gasteiger partial charge on any atom is 0.356 e. The van der Waals surface area contributed by atoms with Gasteiger partial charge in [0.2, 0.25) is 5.91 Å². The van der Waals surface area contributed by atoms with Gasteiger partial charge in [0.25, 0.3) is 0 Å². The molecule has 6 rings (SSSR count). The first-order valence-electron chi connectivity index (χ1n) is 15.8. The third-order valence-electron chi connectivity index (χ3n) is 9.30. The molecule has 0 spiro atoms. The van der Waals surface area contributed by atoms with Gasteiger partial charge in [0.1, 0.15) is 12.0 Å². The molecule has 6 heteroatoms. The van der Waals surface area contributed by atoms with Crippen LogP contribution >= 0.6 is 6.89 Å². The quantitative estimate of drug-likeness (QED) is 0.103. The Morgan fingerprint density at radius 2 is 1.27 bits per heavy atom. The van der Waals surface area contributed by atoms with E-state index in [0.717, 1.165) is 40.7 Å². The number of carbonyl (C=O) groups excluding carboxylic acids is 2. The molecule has 2 aliphatic rings. The first-order chi connectivity index (χ1) is 22.0. The Balaban J connectivity index is 1.65. The molecular formula is C39H40NO4P. The number of esters is 1. The second-order valence-corrected chi connectivity index (χ2v) is 15.3. The van der Waals surface area contributed by atoms with E-state index in [-0.39, 0.29) is 12.5 Å². The Morgan fingerprint density at radius 3 is 1.73 bits per heavy atom. The van der Waals surface area contributed by atoms with Crippen molar-refractivity contribution in [3.05, 3.63) is 140 Å². The van der Waals surface area contributed by atoms with E-state index in [1.807, 2.05) is 84.9 Å². The minimum atomic E-state index is -3.02. The molecule has 230 valence electrons. The minimum Gasteiger partial charge on any atom is -0.456 e. The molecule has 2 atom stereocenters. The van der Waals surface area contributed by atoms with Gasteiger partial charge in [-0.15, -0.1) is 6.58 Å². The van der Waals surface area contributed by atoms with Gasteiger partial charge in [-0.2, -0.15) is 0 Å². The van der Waals surface area contributed by atoms with Crippen molar-refractivity contribution in [2.45, 2.75) is 56.8 Å². The molecule has 1 aliphatic heterocycles. The topological polar surface area (TPSA) is 66.8 Å². The zero-order valence-electron chi connectivity index (χ0n) is 25.5. The number of rotatable bonds is 10. The summed E-state index contributed by atoms with van der Waals surface area (Å²) in [6.45, 7) is 1.08. The van der Waals surface area contributed by atoms with E-state index in [0.29, 0.717) is 24.7 Å². The summed E-state index contributed by atoms with van der Waals surface area (Å²) in [5.41, 5.74) is 0.0982. The Hall–Kier alpha value is -4.18. The SMILES string of the molecule is C=CCC1C(C2(O)CCCCC2)C(=O)N1C(C(=O)OCc1ccccc1)=P(c1ccccc1)(c1ccccc1)c1ccccc1.